The summed E-state index contributed by atoms with van der Waals surface area (Å²) >= 11 is 0. The summed E-state index contributed by atoms with van der Waals surface area (Å²) in [5, 5.41) is 0. The second-order valence-corrected chi connectivity index (χ2v) is 5.51. The Hall–Kier alpha value is -1.08. The number of hydrogen-bond acceptors (Lipinski definition) is 1. The van der Waals surface area contributed by atoms with Crippen LogP contribution in [-0.4, -0.2) is 24.5 Å². The van der Waals surface area contributed by atoms with E-state index in [2.05, 4.69) is 42.3 Å². The van der Waals surface area contributed by atoms with Gasteiger partial charge >= 0.3 is 0 Å². The van der Waals surface area contributed by atoms with E-state index in [1.54, 1.807) is 5.57 Å². The monoisotopic (exact) mass is 227 g/mol. The zero-order valence-corrected chi connectivity index (χ0v) is 10.7. The summed E-state index contributed by atoms with van der Waals surface area (Å²) in [5.41, 5.74) is 4.59. The quantitative estimate of drug-likeness (QED) is 0.747. The predicted octanol–water partition coefficient (Wildman–Crippen LogP) is 3.50. The molecule has 1 aliphatic carbocycles. The maximum absolute atomic E-state index is 2.55. The van der Waals surface area contributed by atoms with Crippen molar-refractivity contribution in [3.8, 4) is 0 Å². The van der Waals surface area contributed by atoms with Crippen molar-refractivity contribution < 1.29 is 0 Å². The van der Waals surface area contributed by atoms with E-state index in [0.717, 1.165) is 6.04 Å². The van der Waals surface area contributed by atoms with Crippen molar-refractivity contribution in [1.29, 1.82) is 0 Å². The van der Waals surface area contributed by atoms with Gasteiger partial charge < -0.3 is 4.90 Å². The first-order valence-corrected chi connectivity index (χ1v) is 6.80. The first kappa shape index (κ1) is 11.0. The maximum Gasteiger partial charge on any atom is 0.0130 e. The van der Waals surface area contributed by atoms with Crippen molar-refractivity contribution in [2.24, 2.45) is 0 Å². The number of fused-ring (bicyclic) bond motifs is 1. The topological polar surface area (TPSA) is 3.24 Å². The fourth-order valence-corrected chi connectivity index (χ4v) is 3.19. The standard InChI is InChI=1S/C16H21N/c1-17-9-5-4-8-16(17)12-13-10-14-6-2-3-7-15(14)11-13/h2-3,6-7,10,16H,4-5,8-9,11-12H2,1H3. The van der Waals surface area contributed by atoms with Crippen LogP contribution in [0.3, 0.4) is 0 Å². The van der Waals surface area contributed by atoms with Gasteiger partial charge in [0.25, 0.3) is 0 Å². The molecule has 1 heterocycles. The van der Waals surface area contributed by atoms with Gasteiger partial charge in [-0.1, -0.05) is 42.3 Å². The van der Waals surface area contributed by atoms with Gasteiger partial charge in [0.15, 0.2) is 0 Å². The third kappa shape index (κ3) is 2.30. The molecule has 0 radical (unpaired) electrons. The Kier molecular flexibility index (Phi) is 3.02. The van der Waals surface area contributed by atoms with Crippen molar-refractivity contribution in [3.05, 3.63) is 41.0 Å². The fraction of sp³-hybridized carbons (Fsp3) is 0.500. The van der Waals surface area contributed by atoms with Crippen LogP contribution < -0.4 is 0 Å². The Morgan fingerprint density at radius 2 is 2.12 bits per heavy atom. The highest BCUT2D eigenvalue weighted by molar-refractivity contribution is 5.63. The molecular formula is C16H21N. The van der Waals surface area contributed by atoms with Crippen LogP contribution in [0.1, 0.15) is 36.8 Å². The minimum atomic E-state index is 0.782. The molecule has 1 unspecified atom stereocenters. The van der Waals surface area contributed by atoms with Gasteiger partial charge in [-0.15, -0.1) is 0 Å². The highest BCUT2D eigenvalue weighted by Gasteiger charge is 2.22. The molecule has 1 fully saturated rings. The van der Waals surface area contributed by atoms with Crippen LogP contribution in [-0.2, 0) is 6.42 Å². The fourth-order valence-electron chi connectivity index (χ4n) is 3.19. The van der Waals surface area contributed by atoms with Gasteiger partial charge in [0.05, 0.1) is 0 Å². The maximum atomic E-state index is 2.55. The molecule has 1 aliphatic heterocycles. The van der Waals surface area contributed by atoms with Gasteiger partial charge in [-0.2, -0.15) is 0 Å². The molecule has 1 nitrogen and oxygen atoms in total. The summed E-state index contributed by atoms with van der Waals surface area (Å²) in [7, 11) is 2.28. The largest absolute Gasteiger partial charge is 0.303 e. The number of piperidine rings is 1. The van der Waals surface area contributed by atoms with E-state index in [0.29, 0.717) is 0 Å². The van der Waals surface area contributed by atoms with Crippen LogP contribution in [0.5, 0.6) is 0 Å². The molecule has 0 N–H and O–H groups in total. The summed E-state index contributed by atoms with van der Waals surface area (Å²) in [6.45, 7) is 1.28. The molecule has 2 aliphatic rings. The molecule has 0 bridgehead atoms. The third-order valence-electron chi connectivity index (χ3n) is 4.25. The van der Waals surface area contributed by atoms with Crippen LogP contribution in [0, 0.1) is 0 Å². The van der Waals surface area contributed by atoms with Crippen molar-refractivity contribution >= 4 is 6.08 Å². The number of benzene rings is 1. The molecule has 1 heteroatoms. The van der Waals surface area contributed by atoms with Gasteiger partial charge in [-0.3, -0.25) is 0 Å². The molecule has 0 spiro atoms. The van der Waals surface area contributed by atoms with E-state index in [-0.39, 0.29) is 0 Å². The molecule has 17 heavy (non-hydrogen) atoms. The van der Waals surface area contributed by atoms with Gasteiger partial charge in [0.2, 0.25) is 0 Å². The van der Waals surface area contributed by atoms with Crippen molar-refractivity contribution in [3.63, 3.8) is 0 Å². The molecule has 1 aromatic rings. The number of rotatable bonds is 2. The average Bonchev–Trinajstić information content (AvgIpc) is 2.74. The zero-order valence-electron chi connectivity index (χ0n) is 10.7. The lowest BCUT2D eigenvalue weighted by molar-refractivity contribution is 0.184. The average molecular weight is 227 g/mol. The van der Waals surface area contributed by atoms with E-state index in [1.165, 1.54) is 49.8 Å². The Morgan fingerprint density at radius 3 is 2.94 bits per heavy atom. The predicted molar refractivity (Wildman–Crippen MR) is 73.0 cm³/mol. The second-order valence-electron chi connectivity index (χ2n) is 5.51. The van der Waals surface area contributed by atoms with Gasteiger partial charge in [0, 0.05) is 6.04 Å². The lowest BCUT2D eigenvalue weighted by atomic mass is 9.95. The van der Waals surface area contributed by atoms with E-state index in [9.17, 15) is 0 Å². The van der Waals surface area contributed by atoms with E-state index >= 15 is 0 Å². The molecule has 1 saturated heterocycles. The molecule has 90 valence electrons. The second kappa shape index (κ2) is 4.66. The lowest BCUT2D eigenvalue weighted by Gasteiger charge is -2.32. The molecule has 0 aromatic heterocycles. The lowest BCUT2D eigenvalue weighted by Crippen LogP contribution is -2.36. The van der Waals surface area contributed by atoms with Crippen LogP contribution in [0.2, 0.25) is 0 Å². The van der Waals surface area contributed by atoms with E-state index < -0.39 is 0 Å². The van der Waals surface area contributed by atoms with Crippen molar-refractivity contribution in [2.75, 3.05) is 13.6 Å². The molecular weight excluding hydrogens is 206 g/mol. The van der Waals surface area contributed by atoms with Crippen LogP contribution in [0.4, 0.5) is 0 Å². The Labute approximate surface area is 104 Å². The van der Waals surface area contributed by atoms with Crippen LogP contribution in [0.15, 0.2) is 29.8 Å². The molecule has 3 rings (SSSR count). The highest BCUT2D eigenvalue weighted by atomic mass is 15.1. The smallest absolute Gasteiger partial charge is 0.0130 e. The normalized spacial score (nSPS) is 24.5. The van der Waals surface area contributed by atoms with Crippen LogP contribution in [0.25, 0.3) is 6.08 Å². The number of likely N-dealkylation sites (tertiary alicyclic amines) is 1. The van der Waals surface area contributed by atoms with E-state index in [1.807, 2.05) is 0 Å². The Bertz CT molecular complexity index is 433. The minimum Gasteiger partial charge on any atom is -0.303 e. The summed E-state index contributed by atoms with van der Waals surface area (Å²) < 4.78 is 0. The van der Waals surface area contributed by atoms with Gasteiger partial charge in [-0.05, 0) is 50.4 Å². The number of nitrogens with zero attached hydrogens (tertiary/aromatic N) is 1. The van der Waals surface area contributed by atoms with Crippen molar-refractivity contribution in [2.45, 2.75) is 38.1 Å². The van der Waals surface area contributed by atoms with Gasteiger partial charge in [0.1, 0.15) is 0 Å². The Morgan fingerprint density at radius 1 is 1.24 bits per heavy atom. The SMILES string of the molecule is CN1CCCCC1CC1=Cc2ccccc2C1. The third-order valence-corrected chi connectivity index (χ3v) is 4.25. The molecule has 1 aromatic carbocycles. The Balaban J connectivity index is 1.68. The summed E-state index contributed by atoms with van der Waals surface area (Å²) in [6.07, 6.45) is 9.04. The summed E-state index contributed by atoms with van der Waals surface area (Å²) in [6, 6.07) is 9.59. The first-order valence-electron chi connectivity index (χ1n) is 6.80. The molecule has 1 atom stereocenters. The molecule has 0 saturated carbocycles. The first-order chi connectivity index (χ1) is 8.33. The van der Waals surface area contributed by atoms with E-state index in [4.69, 9.17) is 0 Å². The molecule has 0 amide bonds. The van der Waals surface area contributed by atoms with Crippen LogP contribution >= 0.6 is 0 Å². The van der Waals surface area contributed by atoms with Crippen molar-refractivity contribution in [1.82, 2.24) is 4.90 Å². The summed E-state index contributed by atoms with van der Waals surface area (Å²) in [4.78, 5) is 2.55. The minimum absolute atomic E-state index is 0.782. The zero-order chi connectivity index (χ0) is 11.7. The summed E-state index contributed by atoms with van der Waals surface area (Å²) in [5.74, 6) is 0. The highest BCUT2D eigenvalue weighted by Crippen LogP contribution is 2.30. The number of hydrogen-bond donors (Lipinski definition) is 0. The van der Waals surface area contributed by atoms with Gasteiger partial charge in [-0.25, -0.2) is 0 Å².